The van der Waals surface area contributed by atoms with Crippen molar-refractivity contribution in [2.45, 2.75) is 43.0 Å². The molecule has 1 aliphatic heterocycles. The van der Waals surface area contributed by atoms with Gasteiger partial charge in [0.2, 0.25) is 0 Å². The predicted molar refractivity (Wildman–Crippen MR) is 94.7 cm³/mol. The standard InChI is InChI=1S/C19H22N2OS/c1-14(2)23-18-16(10-6-12-20-18)17-11-7-13-21(17)19(22)15-8-4-3-5-9-15/h3-6,8-10,12,14,17H,7,11,13H2,1-2H3. The maximum Gasteiger partial charge on any atom is 0.254 e. The van der Waals surface area contributed by atoms with Crippen LogP contribution in [0.3, 0.4) is 0 Å². The van der Waals surface area contributed by atoms with Crippen molar-refractivity contribution in [1.82, 2.24) is 9.88 Å². The lowest BCUT2D eigenvalue weighted by atomic mass is 10.1. The number of hydrogen-bond acceptors (Lipinski definition) is 3. The van der Waals surface area contributed by atoms with Crippen LogP contribution in [-0.2, 0) is 0 Å². The lowest BCUT2D eigenvalue weighted by Gasteiger charge is -2.26. The van der Waals surface area contributed by atoms with Crippen molar-refractivity contribution in [1.29, 1.82) is 0 Å². The number of pyridine rings is 1. The van der Waals surface area contributed by atoms with E-state index < -0.39 is 0 Å². The zero-order valence-electron chi connectivity index (χ0n) is 13.6. The lowest BCUT2D eigenvalue weighted by molar-refractivity contribution is 0.0733. The minimum Gasteiger partial charge on any atom is -0.332 e. The molecule has 0 spiro atoms. The number of thioether (sulfide) groups is 1. The van der Waals surface area contributed by atoms with Crippen LogP contribution in [0.25, 0.3) is 0 Å². The third-order valence-corrected chi connectivity index (χ3v) is 5.08. The van der Waals surface area contributed by atoms with Crippen LogP contribution in [0.4, 0.5) is 0 Å². The number of nitrogens with zero attached hydrogens (tertiary/aromatic N) is 2. The molecule has 0 saturated carbocycles. The Morgan fingerprint density at radius 1 is 1.22 bits per heavy atom. The van der Waals surface area contributed by atoms with Gasteiger partial charge in [0.15, 0.2) is 0 Å². The molecule has 4 heteroatoms. The third kappa shape index (κ3) is 3.58. The summed E-state index contributed by atoms with van der Waals surface area (Å²) in [4.78, 5) is 19.4. The van der Waals surface area contributed by atoms with Gasteiger partial charge in [-0.1, -0.05) is 38.1 Å². The summed E-state index contributed by atoms with van der Waals surface area (Å²) in [5.74, 6) is 0.123. The largest absolute Gasteiger partial charge is 0.332 e. The zero-order valence-corrected chi connectivity index (χ0v) is 14.4. The molecule has 1 saturated heterocycles. The Labute approximate surface area is 142 Å². The average Bonchev–Trinajstić information content (AvgIpc) is 3.04. The normalized spacial score (nSPS) is 17.7. The number of rotatable bonds is 4. The second kappa shape index (κ2) is 7.18. The minimum absolute atomic E-state index is 0.123. The number of likely N-dealkylation sites (tertiary alicyclic amines) is 1. The van der Waals surface area contributed by atoms with E-state index in [0.717, 1.165) is 30.0 Å². The van der Waals surface area contributed by atoms with Crippen molar-refractivity contribution in [2.24, 2.45) is 0 Å². The van der Waals surface area contributed by atoms with Gasteiger partial charge in [-0.2, -0.15) is 0 Å². The number of carbonyl (C=O) groups excluding carboxylic acids is 1. The molecule has 120 valence electrons. The van der Waals surface area contributed by atoms with E-state index in [0.29, 0.717) is 5.25 Å². The smallest absolute Gasteiger partial charge is 0.254 e. The highest BCUT2D eigenvalue weighted by molar-refractivity contribution is 7.99. The van der Waals surface area contributed by atoms with Crippen LogP contribution in [0.1, 0.15) is 48.7 Å². The van der Waals surface area contributed by atoms with E-state index >= 15 is 0 Å². The Morgan fingerprint density at radius 2 is 2.00 bits per heavy atom. The zero-order chi connectivity index (χ0) is 16.2. The van der Waals surface area contributed by atoms with E-state index in [1.54, 1.807) is 11.8 Å². The molecule has 0 aliphatic carbocycles. The van der Waals surface area contributed by atoms with E-state index in [1.807, 2.05) is 47.5 Å². The number of aromatic nitrogens is 1. The summed E-state index contributed by atoms with van der Waals surface area (Å²) in [5, 5.41) is 1.53. The first-order valence-corrected chi connectivity index (χ1v) is 9.02. The monoisotopic (exact) mass is 326 g/mol. The van der Waals surface area contributed by atoms with Crippen molar-refractivity contribution in [3.05, 3.63) is 59.8 Å². The Morgan fingerprint density at radius 3 is 2.74 bits per heavy atom. The van der Waals surface area contributed by atoms with Crippen LogP contribution in [-0.4, -0.2) is 27.6 Å². The SMILES string of the molecule is CC(C)Sc1ncccc1C1CCCN1C(=O)c1ccccc1. The number of benzene rings is 1. The van der Waals surface area contributed by atoms with Crippen LogP contribution in [0.2, 0.25) is 0 Å². The molecule has 2 heterocycles. The molecular formula is C19H22N2OS. The van der Waals surface area contributed by atoms with E-state index in [1.165, 1.54) is 5.56 Å². The van der Waals surface area contributed by atoms with Gasteiger partial charge in [-0.15, -0.1) is 11.8 Å². The molecule has 3 rings (SSSR count). The van der Waals surface area contributed by atoms with Gasteiger partial charge in [0.05, 0.1) is 6.04 Å². The fraction of sp³-hybridized carbons (Fsp3) is 0.368. The van der Waals surface area contributed by atoms with Gasteiger partial charge in [0.1, 0.15) is 5.03 Å². The van der Waals surface area contributed by atoms with Crippen LogP contribution in [0.5, 0.6) is 0 Å². The highest BCUT2D eigenvalue weighted by Gasteiger charge is 2.32. The molecule has 1 unspecified atom stereocenters. The molecule has 2 aromatic rings. The summed E-state index contributed by atoms with van der Waals surface area (Å²) in [5.41, 5.74) is 1.95. The van der Waals surface area contributed by atoms with Gasteiger partial charge in [-0.3, -0.25) is 4.79 Å². The Balaban J connectivity index is 1.89. The molecule has 0 bridgehead atoms. The summed E-state index contributed by atoms with van der Waals surface area (Å²) >= 11 is 1.77. The summed E-state index contributed by atoms with van der Waals surface area (Å²) in [6.45, 7) is 5.16. The number of carbonyl (C=O) groups is 1. The summed E-state index contributed by atoms with van der Waals surface area (Å²) in [6.07, 6.45) is 3.90. The van der Waals surface area contributed by atoms with Crippen molar-refractivity contribution in [3.63, 3.8) is 0 Å². The van der Waals surface area contributed by atoms with Crippen molar-refractivity contribution in [3.8, 4) is 0 Å². The fourth-order valence-electron chi connectivity index (χ4n) is 3.06. The molecule has 1 amide bonds. The van der Waals surface area contributed by atoms with E-state index in [2.05, 4.69) is 24.9 Å². The first-order chi connectivity index (χ1) is 11.2. The molecular weight excluding hydrogens is 304 g/mol. The van der Waals surface area contributed by atoms with E-state index in [4.69, 9.17) is 0 Å². The Bertz CT molecular complexity index is 672. The van der Waals surface area contributed by atoms with Gasteiger partial charge < -0.3 is 4.90 Å². The van der Waals surface area contributed by atoms with Crippen LogP contribution in [0, 0.1) is 0 Å². The quantitative estimate of drug-likeness (QED) is 0.772. The highest BCUT2D eigenvalue weighted by atomic mass is 32.2. The first-order valence-electron chi connectivity index (χ1n) is 8.14. The molecule has 1 aliphatic rings. The highest BCUT2D eigenvalue weighted by Crippen LogP contribution is 2.38. The maximum absolute atomic E-state index is 12.9. The second-order valence-electron chi connectivity index (χ2n) is 6.09. The van der Waals surface area contributed by atoms with Crippen molar-refractivity contribution in [2.75, 3.05) is 6.54 Å². The summed E-state index contributed by atoms with van der Waals surface area (Å²) in [7, 11) is 0. The van der Waals surface area contributed by atoms with Gasteiger partial charge in [-0.05, 0) is 31.0 Å². The van der Waals surface area contributed by atoms with Crippen LogP contribution < -0.4 is 0 Å². The minimum atomic E-state index is 0.123. The number of hydrogen-bond donors (Lipinski definition) is 0. The molecule has 0 radical (unpaired) electrons. The molecule has 1 aromatic heterocycles. The second-order valence-corrected chi connectivity index (χ2v) is 7.65. The van der Waals surface area contributed by atoms with Crippen LogP contribution in [0.15, 0.2) is 53.7 Å². The van der Waals surface area contributed by atoms with Crippen molar-refractivity contribution >= 4 is 17.7 Å². The van der Waals surface area contributed by atoms with E-state index in [9.17, 15) is 4.79 Å². The van der Waals surface area contributed by atoms with Crippen molar-refractivity contribution < 1.29 is 4.79 Å². The maximum atomic E-state index is 12.9. The average molecular weight is 326 g/mol. The summed E-state index contributed by atoms with van der Waals surface area (Å²) in [6, 6.07) is 13.8. The first kappa shape index (κ1) is 16.1. The number of amides is 1. The van der Waals surface area contributed by atoms with Crippen LogP contribution >= 0.6 is 11.8 Å². The molecule has 1 atom stereocenters. The molecule has 1 fully saturated rings. The topological polar surface area (TPSA) is 33.2 Å². The Kier molecular flexibility index (Phi) is 5.01. The van der Waals surface area contributed by atoms with Gasteiger partial charge in [-0.25, -0.2) is 4.98 Å². The molecule has 1 aromatic carbocycles. The third-order valence-electron chi connectivity index (χ3n) is 4.04. The predicted octanol–water partition coefficient (Wildman–Crippen LogP) is 4.56. The lowest BCUT2D eigenvalue weighted by Crippen LogP contribution is -2.30. The van der Waals surface area contributed by atoms with Gasteiger partial charge in [0, 0.05) is 29.1 Å². The summed E-state index contributed by atoms with van der Waals surface area (Å²) < 4.78 is 0. The Hall–Kier alpha value is -1.81. The van der Waals surface area contributed by atoms with E-state index in [-0.39, 0.29) is 11.9 Å². The van der Waals surface area contributed by atoms with Gasteiger partial charge >= 0.3 is 0 Å². The molecule has 23 heavy (non-hydrogen) atoms. The molecule has 0 N–H and O–H groups in total. The van der Waals surface area contributed by atoms with Gasteiger partial charge in [0.25, 0.3) is 5.91 Å². The molecule has 3 nitrogen and oxygen atoms in total. The fourth-order valence-corrected chi connectivity index (χ4v) is 3.97.